The highest BCUT2D eigenvalue weighted by molar-refractivity contribution is 5.94. The lowest BCUT2D eigenvalue weighted by molar-refractivity contribution is 0.0950. The van der Waals surface area contributed by atoms with Crippen LogP contribution in [0.1, 0.15) is 27.3 Å². The SMILES string of the molecule is Cc1cc(CNC(=O)c2cccc(F)c2)c(C)n1C. The van der Waals surface area contributed by atoms with Crippen LogP contribution in [0, 0.1) is 19.7 Å². The van der Waals surface area contributed by atoms with E-state index in [2.05, 4.69) is 9.88 Å². The van der Waals surface area contributed by atoms with E-state index >= 15 is 0 Å². The molecule has 0 fully saturated rings. The van der Waals surface area contributed by atoms with E-state index in [1.807, 2.05) is 27.0 Å². The highest BCUT2D eigenvalue weighted by Gasteiger charge is 2.09. The summed E-state index contributed by atoms with van der Waals surface area (Å²) in [6, 6.07) is 7.73. The largest absolute Gasteiger partial charge is 0.352 e. The highest BCUT2D eigenvalue weighted by Crippen LogP contribution is 2.13. The molecule has 0 unspecified atom stereocenters. The molecule has 0 aliphatic rings. The first kappa shape index (κ1) is 13.3. The Morgan fingerprint density at radius 2 is 2.05 bits per heavy atom. The van der Waals surface area contributed by atoms with Gasteiger partial charge in [0.2, 0.25) is 0 Å². The molecule has 0 aliphatic heterocycles. The van der Waals surface area contributed by atoms with Crippen molar-refractivity contribution >= 4 is 5.91 Å². The maximum absolute atomic E-state index is 13.0. The average Bonchev–Trinajstić information content (AvgIpc) is 2.63. The van der Waals surface area contributed by atoms with Crippen molar-refractivity contribution in [3.8, 4) is 0 Å². The number of aryl methyl sites for hydroxylation is 1. The van der Waals surface area contributed by atoms with Crippen molar-refractivity contribution in [1.82, 2.24) is 9.88 Å². The van der Waals surface area contributed by atoms with Crippen LogP contribution in [0.4, 0.5) is 4.39 Å². The minimum atomic E-state index is -0.403. The Morgan fingerprint density at radius 1 is 1.32 bits per heavy atom. The van der Waals surface area contributed by atoms with Crippen molar-refractivity contribution in [3.63, 3.8) is 0 Å². The predicted octanol–water partition coefficient (Wildman–Crippen LogP) is 2.71. The summed E-state index contributed by atoms with van der Waals surface area (Å²) in [5, 5.41) is 2.80. The molecule has 1 aromatic heterocycles. The lowest BCUT2D eigenvalue weighted by Crippen LogP contribution is -2.23. The fourth-order valence-electron chi connectivity index (χ4n) is 2.02. The zero-order chi connectivity index (χ0) is 14.0. The molecule has 0 radical (unpaired) electrons. The van der Waals surface area contributed by atoms with Crippen LogP contribution in [-0.2, 0) is 13.6 Å². The predicted molar refractivity (Wildman–Crippen MR) is 72.5 cm³/mol. The third-order valence-corrected chi connectivity index (χ3v) is 3.41. The number of carbonyl (C=O) groups excluding carboxylic acids is 1. The molecule has 1 heterocycles. The molecule has 19 heavy (non-hydrogen) atoms. The van der Waals surface area contributed by atoms with Crippen LogP contribution in [0.5, 0.6) is 0 Å². The fourth-order valence-corrected chi connectivity index (χ4v) is 2.02. The molecular weight excluding hydrogens is 243 g/mol. The number of halogens is 1. The smallest absolute Gasteiger partial charge is 0.251 e. The lowest BCUT2D eigenvalue weighted by Gasteiger charge is -2.06. The van der Waals surface area contributed by atoms with Crippen LogP contribution >= 0.6 is 0 Å². The highest BCUT2D eigenvalue weighted by atomic mass is 19.1. The van der Waals surface area contributed by atoms with Gasteiger partial charge >= 0.3 is 0 Å². The minimum absolute atomic E-state index is 0.264. The van der Waals surface area contributed by atoms with E-state index in [0.29, 0.717) is 12.1 Å². The van der Waals surface area contributed by atoms with Gasteiger partial charge < -0.3 is 9.88 Å². The maximum atomic E-state index is 13.0. The Labute approximate surface area is 112 Å². The summed E-state index contributed by atoms with van der Waals surface area (Å²) in [4.78, 5) is 11.9. The number of benzene rings is 1. The second kappa shape index (κ2) is 5.26. The molecule has 0 saturated heterocycles. The Hall–Kier alpha value is -2.10. The van der Waals surface area contributed by atoms with Crippen molar-refractivity contribution in [1.29, 1.82) is 0 Å². The van der Waals surface area contributed by atoms with Crippen LogP contribution in [0.3, 0.4) is 0 Å². The van der Waals surface area contributed by atoms with Gasteiger partial charge in [0.1, 0.15) is 5.82 Å². The Morgan fingerprint density at radius 3 is 2.63 bits per heavy atom. The number of carbonyl (C=O) groups is 1. The molecule has 1 aromatic carbocycles. The van der Waals surface area contributed by atoms with E-state index < -0.39 is 5.82 Å². The minimum Gasteiger partial charge on any atom is -0.352 e. The summed E-state index contributed by atoms with van der Waals surface area (Å²) in [7, 11) is 1.99. The van der Waals surface area contributed by atoms with E-state index in [0.717, 1.165) is 17.0 Å². The summed E-state index contributed by atoms with van der Waals surface area (Å²) in [6.45, 7) is 4.48. The van der Waals surface area contributed by atoms with Crippen LogP contribution < -0.4 is 5.32 Å². The Kier molecular flexibility index (Phi) is 3.69. The van der Waals surface area contributed by atoms with Crippen LogP contribution in [0.2, 0.25) is 0 Å². The molecule has 2 rings (SSSR count). The van der Waals surface area contributed by atoms with Crippen LogP contribution in [0.25, 0.3) is 0 Å². The molecule has 3 nitrogen and oxygen atoms in total. The van der Waals surface area contributed by atoms with Gasteiger partial charge in [0.15, 0.2) is 0 Å². The van der Waals surface area contributed by atoms with Crippen molar-refractivity contribution < 1.29 is 9.18 Å². The van der Waals surface area contributed by atoms with Gasteiger partial charge in [-0.1, -0.05) is 6.07 Å². The van der Waals surface area contributed by atoms with Gasteiger partial charge in [0.25, 0.3) is 5.91 Å². The second-order valence-corrected chi connectivity index (χ2v) is 4.65. The van der Waals surface area contributed by atoms with Crippen LogP contribution in [-0.4, -0.2) is 10.5 Å². The van der Waals surface area contributed by atoms with Gasteiger partial charge in [0.05, 0.1) is 0 Å². The molecule has 1 amide bonds. The quantitative estimate of drug-likeness (QED) is 0.904. The van der Waals surface area contributed by atoms with Crippen molar-refractivity contribution in [2.24, 2.45) is 7.05 Å². The summed E-state index contributed by atoms with van der Waals surface area (Å²) in [5.41, 5.74) is 3.68. The molecule has 0 saturated carbocycles. The number of rotatable bonds is 3. The molecule has 0 spiro atoms. The number of hydrogen-bond donors (Lipinski definition) is 1. The van der Waals surface area contributed by atoms with Gasteiger partial charge in [0, 0.05) is 30.5 Å². The third kappa shape index (κ3) is 2.84. The zero-order valence-corrected chi connectivity index (χ0v) is 11.3. The van der Waals surface area contributed by atoms with E-state index in [1.165, 1.54) is 18.2 Å². The van der Waals surface area contributed by atoms with Gasteiger partial charge in [-0.25, -0.2) is 4.39 Å². The molecule has 0 atom stereocenters. The van der Waals surface area contributed by atoms with Gasteiger partial charge in [-0.3, -0.25) is 4.79 Å². The topological polar surface area (TPSA) is 34.0 Å². The first-order valence-corrected chi connectivity index (χ1v) is 6.14. The molecule has 4 heteroatoms. The number of amides is 1. The van der Waals surface area contributed by atoms with Crippen molar-refractivity contribution in [2.75, 3.05) is 0 Å². The first-order valence-electron chi connectivity index (χ1n) is 6.14. The van der Waals surface area contributed by atoms with E-state index in [9.17, 15) is 9.18 Å². The molecular formula is C15H17FN2O. The summed E-state index contributed by atoms with van der Waals surface area (Å²) >= 11 is 0. The van der Waals surface area contributed by atoms with E-state index in [4.69, 9.17) is 0 Å². The Bertz CT molecular complexity index is 617. The monoisotopic (exact) mass is 260 g/mol. The average molecular weight is 260 g/mol. The molecule has 0 aliphatic carbocycles. The van der Waals surface area contributed by atoms with Gasteiger partial charge in [-0.2, -0.15) is 0 Å². The van der Waals surface area contributed by atoms with Gasteiger partial charge in [-0.05, 0) is 43.7 Å². The van der Waals surface area contributed by atoms with Crippen LogP contribution in [0.15, 0.2) is 30.3 Å². The summed E-state index contributed by atoms with van der Waals surface area (Å²) in [6.07, 6.45) is 0. The molecule has 2 aromatic rings. The van der Waals surface area contributed by atoms with Crippen molar-refractivity contribution in [3.05, 3.63) is 58.7 Å². The molecule has 1 N–H and O–H groups in total. The summed E-state index contributed by atoms with van der Waals surface area (Å²) < 4.78 is 15.1. The number of nitrogens with zero attached hydrogens (tertiary/aromatic N) is 1. The van der Waals surface area contributed by atoms with E-state index in [-0.39, 0.29) is 5.91 Å². The zero-order valence-electron chi connectivity index (χ0n) is 11.3. The first-order chi connectivity index (χ1) is 8.99. The Balaban J connectivity index is 2.06. The lowest BCUT2D eigenvalue weighted by atomic mass is 10.2. The number of nitrogens with one attached hydrogen (secondary N) is 1. The number of aromatic nitrogens is 1. The van der Waals surface area contributed by atoms with E-state index in [1.54, 1.807) is 6.07 Å². The summed E-state index contributed by atoms with van der Waals surface area (Å²) in [5.74, 6) is -0.667. The second-order valence-electron chi connectivity index (χ2n) is 4.65. The normalized spacial score (nSPS) is 10.5. The molecule has 100 valence electrons. The standard InChI is InChI=1S/C15H17FN2O/c1-10-7-13(11(2)18(10)3)9-17-15(19)12-5-4-6-14(16)8-12/h4-8H,9H2,1-3H3,(H,17,19). The number of hydrogen-bond acceptors (Lipinski definition) is 1. The van der Waals surface area contributed by atoms with Gasteiger partial charge in [-0.15, -0.1) is 0 Å². The molecule has 0 bridgehead atoms. The maximum Gasteiger partial charge on any atom is 0.251 e. The fraction of sp³-hybridized carbons (Fsp3) is 0.267. The van der Waals surface area contributed by atoms with Crippen molar-refractivity contribution in [2.45, 2.75) is 20.4 Å². The third-order valence-electron chi connectivity index (χ3n) is 3.41.